The van der Waals surface area contributed by atoms with Crippen LogP contribution in [0.4, 0.5) is 5.69 Å². The van der Waals surface area contributed by atoms with Crippen LogP contribution < -0.4 is 20.7 Å². The van der Waals surface area contributed by atoms with Crippen LogP contribution in [0.25, 0.3) is 0 Å². The second kappa shape index (κ2) is 17.9. The number of carbonyl (C=O) groups excluding carboxylic acids is 2. The zero-order chi connectivity index (χ0) is 30.2. The highest BCUT2D eigenvalue weighted by molar-refractivity contribution is 6.31. The van der Waals surface area contributed by atoms with Crippen molar-refractivity contribution >= 4 is 42.1 Å². The molecule has 2 atom stereocenters. The maximum Gasteiger partial charge on any atom is 0.244 e. The Balaban J connectivity index is 0.000000521. The van der Waals surface area contributed by atoms with Gasteiger partial charge in [0.25, 0.3) is 0 Å². The van der Waals surface area contributed by atoms with E-state index in [1.807, 2.05) is 44.3 Å². The molecule has 2 aliphatic rings. The van der Waals surface area contributed by atoms with Gasteiger partial charge in [0.05, 0.1) is 18.8 Å². The van der Waals surface area contributed by atoms with E-state index in [0.29, 0.717) is 41.7 Å². The summed E-state index contributed by atoms with van der Waals surface area (Å²) in [7, 11) is 1.91. The summed E-state index contributed by atoms with van der Waals surface area (Å²) < 4.78 is 11.7. The monoisotopic (exact) mass is 595 g/mol. The van der Waals surface area contributed by atoms with Gasteiger partial charge in [-0.3, -0.25) is 9.59 Å². The lowest BCUT2D eigenvalue weighted by molar-refractivity contribution is -0.126. The van der Waals surface area contributed by atoms with Gasteiger partial charge >= 0.3 is 0 Å². The molecule has 9 nitrogen and oxygen atoms in total. The van der Waals surface area contributed by atoms with E-state index in [-0.39, 0.29) is 23.6 Å². The van der Waals surface area contributed by atoms with Gasteiger partial charge in [-0.25, -0.2) is 0 Å². The van der Waals surface area contributed by atoms with Crippen LogP contribution in [0.2, 0.25) is 5.02 Å². The molecule has 1 aliphatic carbocycles. The van der Waals surface area contributed by atoms with E-state index in [1.54, 1.807) is 18.2 Å². The Morgan fingerprint density at radius 1 is 1.17 bits per heavy atom. The number of carbonyl (C=O) groups is 2. The molecule has 4 rings (SSSR count). The quantitative estimate of drug-likeness (QED) is 0.103. The Morgan fingerprint density at radius 3 is 2.62 bits per heavy atom. The van der Waals surface area contributed by atoms with Gasteiger partial charge in [-0.2, -0.15) is 5.10 Å². The molecule has 226 valence electrons. The van der Waals surface area contributed by atoms with Gasteiger partial charge in [-0.1, -0.05) is 36.2 Å². The maximum atomic E-state index is 12.9. The number of amides is 1. The second-order valence-corrected chi connectivity index (χ2v) is 10.6. The van der Waals surface area contributed by atoms with Crippen molar-refractivity contribution < 1.29 is 19.1 Å². The van der Waals surface area contributed by atoms with Gasteiger partial charge < -0.3 is 25.4 Å². The molecule has 2 fully saturated rings. The third-order valence-corrected chi connectivity index (χ3v) is 7.43. The minimum atomic E-state index is -0.176. The van der Waals surface area contributed by atoms with Crippen molar-refractivity contribution in [3.8, 4) is 5.75 Å². The number of hydrogen-bond acceptors (Lipinski definition) is 8. The number of benzene rings is 2. The van der Waals surface area contributed by atoms with Crippen molar-refractivity contribution in [2.24, 2.45) is 22.0 Å². The fraction of sp³-hybridized carbons (Fsp3) is 0.438. The molecule has 2 unspecified atom stereocenters. The number of ether oxygens (including phenoxy) is 2. The molecule has 1 aliphatic heterocycles. The first-order valence-electron chi connectivity index (χ1n) is 14.5. The maximum absolute atomic E-state index is 12.9. The summed E-state index contributed by atoms with van der Waals surface area (Å²) in [4.78, 5) is 24.5. The number of hydrogen-bond donors (Lipinski definition) is 3. The Morgan fingerprint density at radius 2 is 1.98 bits per heavy atom. The number of nitrogens with zero attached hydrogens (tertiary/aromatic N) is 2. The Labute approximate surface area is 253 Å². The van der Waals surface area contributed by atoms with Crippen molar-refractivity contribution in [1.82, 2.24) is 10.6 Å². The first-order chi connectivity index (χ1) is 20.5. The van der Waals surface area contributed by atoms with Crippen molar-refractivity contribution in [1.29, 1.82) is 0 Å². The average molecular weight is 596 g/mol. The minimum absolute atomic E-state index is 0.109. The van der Waals surface area contributed by atoms with E-state index in [0.717, 1.165) is 62.7 Å². The molecule has 0 aromatic heterocycles. The SMILES string of the molecule is C=N/N=C(\OCC1CCCC(C(=O)N/C(C=O)=C2\CCCCN2)C1)c1cc(Cl)ccc1OCC.CNc1ccccc1. The highest BCUT2D eigenvalue weighted by atomic mass is 35.5. The fourth-order valence-corrected chi connectivity index (χ4v) is 5.22. The van der Waals surface area contributed by atoms with Crippen molar-refractivity contribution in [3.05, 3.63) is 70.5 Å². The van der Waals surface area contributed by atoms with Crippen LogP contribution in [0.5, 0.6) is 5.75 Å². The van der Waals surface area contributed by atoms with Crippen LogP contribution in [-0.4, -0.2) is 51.6 Å². The number of rotatable bonds is 10. The summed E-state index contributed by atoms with van der Waals surface area (Å²) in [5, 5.41) is 17.3. The molecule has 1 amide bonds. The molecule has 1 heterocycles. The van der Waals surface area contributed by atoms with Crippen LogP contribution in [0.3, 0.4) is 0 Å². The zero-order valence-electron chi connectivity index (χ0n) is 24.5. The van der Waals surface area contributed by atoms with Crippen LogP contribution in [0.1, 0.15) is 57.4 Å². The summed E-state index contributed by atoms with van der Waals surface area (Å²) in [6.07, 6.45) is 6.91. The third kappa shape index (κ3) is 10.2. The predicted octanol–water partition coefficient (Wildman–Crippen LogP) is 5.95. The Hall–Kier alpha value is -3.85. The largest absolute Gasteiger partial charge is 0.493 e. The fourth-order valence-electron chi connectivity index (χ4n) is 5.05. The molecule has 2 aromatic rings. The second-order valence-electron chi connectivity index (χ2n) is 10.2. The van der Waals surface area contributed by atoms with Gasteiger partial charge in [0, 0.05) is 42.6 Å². The summed E-state index contributed by atoms with van der Waals surface area (Å²) in [5.74, 6) is 0.755. The number of anilines is 1. The highest BCUT2D eigenvalue weighted by Crippen LogP contribution is 2.31. The van der Waals surface area contributed by atoms with Gasteiger partial charge in [-0.15, -0.1) is 5.10 Å². The van der Waals surface area contributed by atoms with Crippen LogP contribution >= 0.6 is 11.6 Å². The van der Waals surface area contributed by atoms with E-state index in [1.165, 1.54) is 0 Å². The van der Waals surface area contributed by atoms with Crippen molar-refractivity contribution in [3.63, 3.8) is 0 Å². The number of piperidine rings is 1. The molecule has 1 saturated heterocycles. The molecule has 0 spiro atoms. The third-order valence-electron chi connectivity index (χ3n) is 7.20. The number of halogens is 1. The summed E-state index contributed by atoms with van der Waals surface area (Å²) >= 11 is 6.18. The molecule has 42 heavy (non-hydrogen) atoms. The molecule has 10 heteroatoms. The molecule has 0 bridgehead atoms. The first-order valence-corrected chi connectivity index (χ1v) is 14.9. The first kappa shape index (κ1) is 32.7. The summed E-state index contributed by atoms with van der Waals surface area (Å²) in [5.41, 5.74) is 2.95. The normalized spacial score (nSPS) is 19.6. The number of para-hydroxylation sites is 1. The van der Waals surface area contributed by atoms with Crippen LogP contribution in [-0.2, 0) is 14.3 Å². The number of allylic oxidation sites excluding steroid dienone is 2. The van der Waals surface area contributed by atoms with E-state index in [2.05, 4.69) is 32.9 Å². The molecule has 2 aromatic carbocycles. The Bertz CT molecular complexity index is 1230. The van der Waals surface area contributed by atoms with Crippen LogP contribution in [0.15, 0.2) is 70.1 Å². The molecular formula is C32H42ClN5O4. The molecule has 3 N–H and O–H groups in total. The van der Waals surface area contributed by atoms with Crippen molar-refractivity contribution in [2.45, 2.75) is 51.9 Å². The van der Waals surface area contributed by atoms with E-state index in [4.69, 9.17) is 21.1 Å². The van der Waals surface area contributed by atoms with E-state index in [9.17, 15) is 9.59 Å². The Kier molecular flexibility index (Phi) is 13.9. The molecule has 0 radical (unpaired) electrons. The van der Waals surface area contributed by atoms with Crippen LogP contribution in [0, 0.1) is 11.8 Å². The van der Waals surface area contributed by atoms with E-state index >= 15 is 0 Å². The lowest BCUT2D eigenvalue weighted by Gasteiger charge is -2.29. The van der Waals surface area contributed by atoms with Gasteiger partial charge in [0.15, 0.2) is 6.29 Å². The van der Waals surface area contributed by atoms with Gasteiger partial charge in [-0.05, 0) is 81.7 Å². The summed E-state index contributed by atoms with van der Waals surface area (Å²) in [6.45, 7) is 7.02. The standard InChI is InChI=1S/C25H33ClN4O4.C7H9N/c1-3-33-23-11-10-19(26)14-20(23)25(30-27-2)34-16-17-7-6-8-18(13-17)24(32)29-22(15-31)21-9-4-5-12-28-21;1-8-7-5-3-2-4-6-7/h10-11,14-15,17-18,28H,2-9,12-13,16H2,1H3,(H,29,32);2-6,8H,1H3/b22-21+,30-25-;. The lowest BCUT2D eigenvalue weighted by Crippen LogP contribution is -2.37. The molecule has 1 saturated carbocycles. The number of nitrogens with one attached hydrogen (secondary N) is 3. The van der Waals surface area contributed by atoms with E-state index < -0.39 is 0 Å². The number of aldehydes is 1. The van der Waals surface area contributed by atoms with Gasteiger partial charge in [0.1, 0.15) is 11.4 Å². The lowest BCUT2D eigenvalue weighted by atomic mass is 9.81. The van der Waals surface area contributed by atoms with Crippen molar-refractivity contribution in [2.75, 3.05) is 32.1 Å². The average Bonchev–Trinajstić information content (AvgIpc) is 3.04. The van der Waals surface area contributed by atoms with Gasteiger partial charge in [0.2, 0.25) is 11.8 Å². The topological polar surface area (TPSA) is 113 Å². The summed E-state index contributed by atoms with van der Waals surface area (Å²) in [6, 6.07) is 15.3. The minimum Gasteiger partial charge on any atom is -0.493 e. The highest BCUT2D eigenvalue weighted by Gasteiger charge is 2.29. The molecular weight excluding hydrogens is 554 g/mol. The smallest absolute Gasteiger partial charge is 0.244 e. The zero-order valence-corrected chi connectivity index (χ0v) is 25.3. The predicted molar refractivity (Wildman–Crippen MR) is 169 cm³/mol.